The summed E-state index contributed by atoms with van der Waals surface area (Å²) >= 11 is 3.31. The van der Waals surface area contributed by atoms with Crippen molar-refractivity contribution >= 4 is 34.2 Å². The van der Waals surface area contributed by atoms with Crippen LogP contribution in [-0.2, 0) is 0 Å². The first-order valence-corrected chi connectivity index (χ1v) is 7.35. The van der Waals surface area contributed by atoms with E-state index < -0.39 is 0 Å². The number of likely N-dealkylation sites (tertiary alicyclic amines) is 1. The second-order valence-corrected chi connectivity index (χ2v) is 5.82. The Labute approximate surface area is 133 Å². The van der Waals surface area contributed by atoms with Crippen molar-refractivity contribution in [3.63, 3.8) is 0 Å². The number of nitrogens with two attached hydrogens (primary N) is 1. The highest BCUT2D eigenvalue weighted by atomic mass is 79.9. The van der Waals surface area contributed by atoms with Gasteiger partial charge in [0, 0.05) is 17.6 Å². The van der Waals surface area contributed by atoms with Crippen LogP contribution in [0.2, 0.25) is 0 Å². The summed E-state index contributed by atoms with van der Waals surface area (Å²) in [6.45, 7) is 2.11. The van der Waals surface area contributed by atoms with E-state index in [0.717, 1.165) is 32.4 Å². The fourth-order valence-electron chi connectivity index (χ4n) is 2.55. The topological polar surface area (TPSA) is 46.3 Å². The van der Waals surface area contributed by atoms with Crippen LogP contribution in [0.15, 0.2) is 22.7 Å². The molecule has 20 heavy (non-hydrogen) atoms. The van der Waals surface area contributed by atoms with Gasteiger partial charge in [-0.3, -0.25) is 4.79 Å². The van der Waals surface area contributed by atoms with Crippen molar-refractivity contribution in [1.82, 2.24) is 4.90 Å². The van der Waals surface area contributed by atoms with Crippen molar-refractivity contribution in [3.05, 3.63) is 34.1 Å². The van der Waals surface area contributed by atoms with Gasteiger partial charge in [0.25, 0.3) is 5.91 Å². The van der Waals surface area contributed by atoms with Crippen LogP contribution in [-0.4, -0.2) is 30.4 Å². The number of amides is 1. The van der Waals surface area contributed by atoms with Crippen molar-refractivity contribution in [2.75, 3.05) is 19.6 Å². The molecule has 6 heteroatoms. The minimum absolute atomic E-state index is 0. The predicted octanol–water partition coefficient (Wildman–Crippen LogP) is 3.21. The average Bonchev–Trinajstić information content (AvgIpc) is 2.41. The summed E-state index contributed by atoms with van der Waals surface area (Å²) < 4.78 is 13.9. The second-order valence-electron chi connectivity index (χ2n) is 4.96. The van der Waals surface area contributed by atoms with Crippen LogP contribution in [0.5, 0.6) is 0 Å². The highest BCUT2D eigenvalue weighted by Crippen LogP contribution is 2.24. The molecule has 0 radical (unpaired) electrons. The van der Waals surface area contributed by atoms with Gasteiger partial charge in [-0.1, -0.05) is 0 Å². The molecule has 0 saturated carbocycles. The zero-order chi connectivity index (χ0) is 13.8. The van der Waals surface area contributed by atoms with Crippen LogP contribution in [0, 0.1) is 11.7 Å². The molecule has 1 heterocycles. The predicted molar refractivity (Wildman–Crippen MR) is 83.6 cm³/mol. The van der Waals surface area contributed by atoms with Crippen LogP contribution in [0.3, 0.4) is 0 Å². The molecule has 1 aliphatic heterocycles. The van der Waals surface area contributed by atoms with Gasteiger partial charge in [0.05, 0.1) is 5.56 Å². The third-order valence-electron chi connectivity index (χ3n) is 3.54. The van der Waals surface area contributed by atoms with Crippen LogP contribution in [0.1, 0.15) is 29.6 Å². The standard InChI is InChI=1S/C14H18BrFN2O.ClH/c15-13-4-3-11(16)8-12(13)14(19)18-7-1-2-10(9-18)5-6-17;/h3-4,8,10H,1-2,5-7,9,17H2;1H. The van der Waals surface area contributed by atoms with Crippen LogP contribution >= 0.6 is 28.3 Å². The summed E-state index contributed by atoms with van der Waals surface area (Å²) in [5, 5.41) is 0. The minimum atomic E-state index is -0.387. The number of carbonyl (C=O) groups is 1. The van der Waals surface area contributed by atoms with Crippen molar-refractivity contribution in [1.29, 1.82) is 0 Å². The van der Waals surface area contributed by atoms with Gasteiger partial charge in [-0.15, -0.1) is 12.4 Å². The fourth-order valence-corrected chi connectivity index (χ4v) is 2.97. The molecule has 2 rings (SSSR count). The lowest BCUT2D eigenvalue weighted by Crippen LogP contribution is -2.40. The third-order valence-corrected chi connectivity index (χ3v) is 4.23. The molecule has 1 fully saturated rings. The van der Waals surface area contributed by atoms with E-state index in [4.69, 9.17) is 5.73 Å². The maximum Gasteiger partial charge on any atom is 0.255 e. The molecular weight excluding hydrogens is 347 g/mol. The summed E-state index contributed by atoms with van der Waals surface area (Å²) in [5.74, 6) is -0.0230. The van der Waals surface area contributed by atoms with Gasteiger partial charge in [-0.25, -0.2) is 4.39 Å². The van der Waals surface area contributed by atoms with Gasteiger partial charge >= 0.3 is 0 Å². The van der Waals surface area contributed by atoms with Gasteiger partial charge in [0.1, 0.15) is 5.82 Å². The zero-order valence-corrected chi connectivity index (χ0v) is 13.6. The number of benzene rings is 1. The first-order valence-electron chi connectivity index (χ1n) is 6.56. The Hall–Kier alpha value is -0.650. The molecule has 1 unspecified atom stereocenters. The number of halogens is 3. The van der Waals surface area contributed by atoms with Crippen molar-refractivity contribution < 1.29 is 9.18 Å². The average molecular weight is 366 g/mol. The molecule has 0 spiro atoms. The number of hydrogen-bond donors (Lipinski definition) is 1. The molecular formula is C14H19BrClFN2O. The fraction of sp³-hybridized carbons (Fsp3) is 0.500. The van der Waals surface area contributed by atoms with Crippen LogP contribution in [0.25, 0.3) is 0 Å². The molecule has 1 saturated heterocycles. The Balaban J connectivity index is 0.00000200. The zero-order valence-electron chi connectivity index (χ0n) is 11.1. The van der Waals surface area contributed by atoms with Gasteiger partial charge < -0.3 is 10.6 Å². The molecule has 0 aromatic heterocycles. The van der Waals surface area contributed by atoms with E-state index in [9.17, 15) is 9.18 Å². The second kappa shape index (κ2) is 7.96. The van der Waals surface area contributed by atoms with E-state index in [1.54, 1.807) is 6.07 Å². The smallest absolute Gasteiger partial charge is 0.255 e. The van der Waals surface area contributed by atoms with E-state index in [2.05, 4.69) is 15.9 Å². The van der Waals surface area contributed by atoms with Crippen LogP contribution in [0.4, 0.5) is 4.39 Å². The van der Waals surface area contributed by atoms with Crippen LogP contribution < -0.4 is 5.73 Å². The Morgan fingerprint density at radius 1 is 1.50 bits per heavy atom. The Morgan fingerprint density at radius 2 is 2.25 bits per heavy atom. The largest absolute Gasteiger partial charge is 0.338 e. The molecule has 112 valence electrons. The summed E-state index contributed by atoms with van der Waals surface area (Å²) in [5.41, 5.74) is 5.97. The maximum atomic E-state index is 13.3. The number of hydrogen-bond acceptors (Lipinski definition) is 2. The molecule has 0 aliphatic carbocycles. The van der Waals surface area contributed by atoms with Crippen molar-refractivity contribution in [2.24, 2.45) is 11.7 Å². The van der Waals surface area contributed by atoms with E-state index in [1.165, 1.54) is 12.1 Å². The normalized spacial score (nSPS) is 18.6. The lowest BCUT2D eigenvalue weighted by molar-refractivity contribution is 0.0668. The summed E-state index contributed by atoms with van der Waals surface area (Å²) in [4.78, 5) is 14.2. The van der Waals surface area contributed by atoms with Gasteiger partial charge in [0.2, 0.25) is 0 Å². The lowest BCUT2D eigenvalue weighted by atomic mass is 9.94. The highest BCUT2D eigenvalue weighted by molar-refractivity contribution is 9.10. The van der Waals surface area contributed by atoms with E-state index >= 15 is 0 Å². The number of piperidine rings is 1. The number of carbonyl (C=O) groups excluding carboxylic acids is 1. The molecule has 1 aromatic carbocycles. The Kier molecular flexibility index (Phi) is 6.92. The summed E-state index contributed by atoms with van der Waals surface area (Å²) in [6.07, 6.45) is 3.04. The van der Waals surface area contributed by atoms with E-state index in [-0.39, 0.29) is 24.1 Å². The summed E-state index contributed by atoms with van der Waals surface area (Å²) in [7, 11) is 0. The SMILES string of the molecule is Cl.NCCC1CCCN(C(=O)c2cc(F)ccc2Br)C1. The first kappa shape index (κ1) is 17.4. The van der Waals surface area contributed by atoms with Crippen molar-refractivity contribution in [2.45, 2.75) is 19.3 Å². The molecule has 2 N–H and O–H groups in total. The van der Waals surface area contributed by atoms with Gasteiger partial charge in [-0.2, -0.15) is 0 Å². The lowest BCUT2D eigenvalue weighted by Gasteiger charge is -2.33. The van der Waals surface area contributed by atoms with Gasteiger partial charge in [0.15, 0.2) is 0 Å². The van der Waals surface area contributed by atoms with E-state index in [1.807, 2.05) is 4.90 Å². The Bertz CT molecular complexity index is 470. The number of nitrogens with zero attached hydrogens (tertiary/aromatic N) is 1. The van der Waals surface area contributed by atoms with Crippen molar-refractivity contribution in [3.8, 4) is 0 Å². The first-order chi connectivity index (χ1) is 9.11. The molecule has 3 nitrogen and oxygen atoms in total. The Morgan fingerprint density at radius 3 is 2.95 bits per heavy atom. The van der Waals surface area contributed by atoms with E-state index in [0.29, 0.717) is 22.5 Å². The quantitative estimate of drug-likeness (QED) is 0.894. The minimum Gasteiger partial charge on any atom is -0.338 e. The molecule has 1 amide bonds. The maximum absolute atomic E-state index is 13.3. The monoisotopic (exact) mass is 364 g/mol. The molecule has 0 bridgehead atoms. The molecule has 1 aromatic rings. The highest BCUT2D eigenvalue weighted by Gasteiger charge is 2.25. The summed E-state index contributed by atoms with van der Waals surface area (Å²) in [6, 6.07) is 4.21. The third kappa shape index (κ3) is 4.17. The number of rotatable bonds is 3. The molecule has 1 atom stereocenters. The van der Waals surface area contributed by atoms with Gasteiger partial charge in [-0.05, 0) is 65.9 Å². The molecule has 1 aliphatic rings.